The monoisotopic (exact) mass is 928 g/mol. The van der Waals surface area contributed by atoms with Gasteiger partial charge < -0.3 is 5.11 Å². The molecule has 0 radical (unpaired) electrons. The Morgan fingerprint density at radius 1 is 0.559 bits per heavy atom. The van der Waals surface area contributed by atoms with Crippen molar-refractivity contribution in [3.63, 3.8) is 0 Å². The number of hydrogen-bond donors (Lipinski definition) is 3. The molecule has 0 atom stereocenters. The number of benzene rings is 4. The molecule has 0 saturated heterocycles. The molecule has 0 spiro atoms. The molecule has 7 rings (SSSR count). The molecule has 16 nitrogen and oxygen atoms in total. The predicted octanol–water partition coefficient (Wildman–Crippen LogP) is 6.84. The molecule has 360 valence electrons. The number of Topliss-reactive ketones (excluding diaryl/α,β-unsaturated/α-hetero) is 2. The van der Waals surface area contributed by atoms with Crippen molar-refractivity contribution in [3.8, 4) is 33.8 Å². The van der Waals surface area contributed by atoms with Gasteiger partial charge in [0, 0.05) is 65.0 Å². The van der Waals surface area contributed by atoms with Crippen LogP contribution in [0.5, 0.6) is 0 Å². The number of rotatable bonds is 9. The Bertz CT molecular complexity index is 2910. The Kier molecular flexibility index (Phi) is 23.3. The topological polar surface area (TPSA) is 193 Å². The van der Waals surface area contributed by atoms with Gasteiger partial charge in [0.05, 0.1) is 23.5 Å². The van der Waals surface area contributed by atoms with E-state index in [-0.39, 0.29) is 40.2 Å². The molecule has 0 unspecified atom stereocenters. The molecule has 0 aliphatic heterocycles. The van der Waals surface area contributed by atoms with Crippen molar-refractivity contribution in [2.24, 2.45) is 42.3 Å². The smallest absolute Gasteiger partial charge is 0.343 e. The van der Waals surface area contributed by atoms with Crippen LogP contribution in [0, 0.1) is 0 Å². The van der Waals surface area contributed by atoms with E-state index in [0.717, 1.165) is 16.8 Å². The van der Waals surface area contributed by atoms with Crippen LogP contribution in [-0.2, 0) is 47.1 Å². The van der Waals surface area contributed by atoms with Gasteiger partial charge >= 0.3 is 5.97 Å². The van der Waals surface area contributed by atoms with E-state index in [0.29, 0.717) is 28.8 Å². The first-order valence-electron chi connectivity index (χ1n) is 21.4. The largest absolute Gasteiger partial charge is 0.477 e. The van der Waals surface area contributed by atoms with Crippen LogP contribution in [0.3, 0.4) is 0 Å². The summed E-state index contributed by atoms with van der Waals surface area (Å²) in [7, 11) is 13.9. The molecule has 3 heterocycles. The minimum absolute atomic E-state index is 0.00398. The zero-order valence-electron chi connectivity index (χ0n) is 41.0. The fraction of sp³-hybridized carbons (Fsp3) is 0.250. The maximum Gasteiger partial charge on any atom is 0.343 e. The van der Waals surface area contributed by atoms with Gasteiger partial charge in [0.25, 0.3) is 16.7 Å². The van der Waals surface area contributed by atoms with E-state index in [1.807, 2.05) is 106 Å². The van der Waals surface area contributed by atoms with Gasteiger partial charge in [-0.25, -0.2) is 4.79 Å². The molecule has 0 bridgehead atoms. The second kappa shape index (κ2) is 28.2. The van der Waals surface area contributed by atoms with Crippen LogP contribution in [0.15, 0.2) is 153 Å². The molecule has 3 N–H and O–H groups in total. The van der Waals surface area contributed by atoms with E-state index in [1.165, 1.54) is 21.9 Å². The lowest BCUT2D eigenvalue weighted by molar-refractivity contribution is -0.116. The summed E-state index contributed by atoms with van der Waals surface area (Å²) < 4.78 is 9.36. The quantitative estimate of drug-likeness (QED) is 0.0454. The molecule has 4 aromatic carbocycles. The molecule has 7 aromatic rings. The SMILES string of the molecule is CC(=O)CC(=O)c1ccccc1.CC=C(C)C.CNNC.Cn1c(-c2ccccc2)c(C(=O)O)c(=O)n1C.Cn1c(-c2ccccc2)c(C=O)c(=O)n1C.Cn1c(-c2ccccc2)cc(=O)n1C. The Morgan fingerprint density at radius 2 is 0.956 bits per heavy atom. The molecule has 0 saturated carbocycles. The van der Waals surface area contributed by atoms with Gasteiger partial charge in [-0.1, -0.05) is 133 Å². The van der Waals surface area contributed by atoms with E-state index in [9.17, 15) is 33.6 Å². The number of aldehydes is 1. The van der Waals surface area contributed by atoms with Crippen LogP contribution in [0.2, 0.25) is 0 Å². The molecule has 0 amide bonds. The third-order valence-electron chi connectivity index (χ3n) is 10.3. The van der Waals surface area contributed by atoms with Crippen LogP contribution in [0.4, 0.5) is 0 Å². The van der Waals surface area contributed by atoms with Crippen molar-refractivity contribution in [1.82, 2.24) is 38.9 Å². The fourth-order valence-corrected chi connectivity index (χ4v) is 6.06. The van der Waals surface area contributed by atoms with E-state index < -0.39 is 11.5 Å². The van der Waals surface area contributed by atoms with Gasteiger partial charge in [-0.15, -0.1) is 0 Å². The Hall–Kier alpha value is -7.95. The number of carboxylic acid groups (broad SMARTS) is 1. The summed E-state index contributed by atoms with van der Waals surface area (Å²) in [5, 5.41) is 9.12. The summed E-state index contributed by atoms with van der Waals surface area (Å²) in [6, 6.07) is 38.8. The van der Waals surface area contributed by atoms with Gasteiger partial charge in [-0.05, 0) is 47.4 Å². The third kappa shape index (κ3) is 15.9. The minimum atomic E-state index is -1.20. The molecule has 0 aliphatic rings. The number of nitrogens with one attached hydrogen (secondary N) is 2. The molecule has 0 fully saturated rings. The van der Waals surface area contributed by atoms with Crippen LogP contribution in [0.25, 0.3) is 33.8 Å². The van der Waals surface area contributed by atoms with Gasteiger partial charge in [-0.2, -0.15) is 0 Å². The van der Waals surface area contributed by atoms with Gasteiger partial charge in [-0.3, -0.25) is 67.7 Å². The number of ketones is 2. The number of aromatic carboxylic acids is 1. The van der Waals surface area contributed by atoms with Gasteiger partial charge in [0.2, 0.25) is 0 Å². The van der Waals surface area contributed by atoms with Crippen molar-refractivity contribution >= 4 is 23.8 Å². The number of hydrazine groups is 1. The zero-order valence-corrected chi connectivity index (χ0v) is 41.0. The lowest BCUT2D eigenvalue weighted by Gasteiger charge is -2.06. The van der Waals surface area contributed by atoms with Crippen molar-refractivity contribution in [1.29, 1.82) is 0 Å². The average molecular weight is 929 g/mol. The molecular formula is C52H64N8O8. The second-order valence-corrected chi connectivity index (χ2v) is 15.2. The summed E-state index contributed by atoms with van der Waals surface area (Å²) in [5.41, 5.74) is 11.3. The number of nitrogens with zero attached hydrogens (tertiary/aromatic N) is 6. The number of hydrogen-bond acceptors (Lipinski definition) is 9. The maximum atomic E-state index is 11.8. The highest BCUT2D eigenvalue weighted by Gasteiger charge is 2.23. The zero-order chi connectivity index (χ0) is 51.1. The van der Waals surface area contributed by atoms with Crippen molar-refractivity contribution in [2.75, 3.05) is 14.1 Å². The van der Waals surface area contributed by atoms with Crippen LogP contribution >= 0.6 is 0 Å². The van der Waals surface area contributed by atoms with Crippen LogP contribution < -0.4 is 27.5 Å². The first-order chi connectivity index (χ1) is 32.3. The number of carbonyl (C=O) groups excluding carboxylic acids is 3. The summed E-state index contributed by atoms with van der Waals surface area (Å²) in [6.45, 7) is 7.62. The van der Waals surface area contributed by atoms with Crippen LogP contribution in [-0.4, -0.2) is 71.1 Å². The Morgan fingerprint density at radius 3 is 1.32 bits per heavy atom. The fourth-order valence-electron chi connectivity index (χ4n) is 6.06. The molecule has 68 heavy (non-hydrogen) atoms. The summed E-state index contributed by atoms with van der Waals surface area (Å²) in [5.74, 6) is -1.41. The normalized spacial score (nSPS) is 9.82. The molecule has 0 aliphatic carbocycles. The standard InChI is InChI=1S/C12H12N2O3.C12H12N2O2.C11H12N2O.C10H10O2.C5H10.C2H8N2/c1-13-10(8-6-4-3-5-7-8)9(12(16)17)11(15)14(13)2;1-13-11(9-6-4-3-5-7-9)10(8-15)12(16)14(13)2;1-12-10(8-11(14)13(12)2)9-6-4-3-5-7-9;1-8(11)7-10(12)9-5-3-2-4-6-9;1-4-5(2)3;1-3-4-2/h3-7H,1-2H3,(H,16,17);3-8H,1-2H3;3-8H,1-2H3;2-6H,7H2,1H3;4H,1-3H3;3-4H,1-2H3. The summed E-state index contributed by atoms with van der Waals surface area (Å²) >= 11 is 0. The first kappa shape index (κ1) is 56.2. The highest BCUT2D eigenvalue weighted by atomic mass is 16.4. The average Bonchev–Trinajstić information content (AvgIpc) is 3.84. The lowest BCUT2D eigenvalue weighted by atomic mass is 10.1. The third-order valence-corrected chi connectivity index (χ3v) is 10.3. The predicted molar refractivity (Wildman–Crippen MR) is 270 cm³/mol. The number of carbonyl (C=O) groups is 4. The highest BCUT2D eigenvalue weighted by molar-refractivity contribution is 6.07. The van der Waals surface area contributed by atoms with Crippen molar-refractivity contribution in [2.45, 2.75) is 34.1 Å². The van der Waals surface area contributed by atoms with E-state index in [1.54, 1.807) is 104 Å². The van der Waals surface area contributed by atoms with Gasteiger partial charge in [0.15, 0.2) is 17.6 Å². The highest BCUT2D eigenvalue weighted by Crippen LogP contribution is 2.22. The Balaban J connectivity index is 0.000000295. The van der Waals surface area contributed by atoms with Crippen molar-refractivity contribution < 1.29 is 24.3 Å². The number of allylic oxidation sites excluding steroid dienone is 2. The van der Waals surface area contributed by atoms with E-state index >= 15 is 0 Å². The lowest BCUT2D eigenvalue weighted by Crippen LogP contribution is -2.21. The maximum absolute atomic E-state index is 11.8. The van der Waals surface area contributed by atoms with Crippen molar-refractivity contribution in [3.05, 3.63) is 187 Å². The Labute approximate surface area is 396 Å². The molecule has 3 aromatic heterocycles. The molecular weight excluding hydrogens is 865 g/mol. The second-order valence-electron chi connectivity index (χ2n) is 15.2. The minimum Gasteiger partial charge on any atom is -0.477 e. The van der Waals surface area contributed by atoms with Gasteiger partial charge in [0.1, 0.15) is 11.3 Å². The molecule has 16 heteroatoms. The number of aromatic nitrogens is 6. The van der Waals surface area contributed by atoms with E-state index in [4.69, 9.17) is 5.11 Å². The van der Waals surface area contributed by atoms with E-state index in [2.05, 4.69) is 30.8 Å². The summed E-state index contributed by atoms with van der Waals surface area (Å²) in [6.07, 6.45) is 2.70. The first-order valence-corrected chi connectivity index (χ1v) is 21.4. The van der Waals surface area contributed by atoms with Crippen LogP contribution in [0.1, 0.15) is 65.2 Å². The summed E-state index contributed by atoms with van der Waals surface area (Å²) in [4.78, 5) is 78.8. The number of carboxylic acids is 1.